The summed E-state index contributed by atoms with van der Waals surface area (Å²) in [6.45, 7) is 1.95. The lowest BCUT2D eigenvalue weighted by atomic mass is 10.0. The molecule has 1 aromatic heterocycles. The Morgan fingerprint density at radius 2 is 2.05 bits per heavy atom. The van der Waals surface area contributed by atoms with E-state index in [0.717, 1.165) is 5.57 Å². The van der Waals surface area contributed by atoms with Crippen LogP contribution in [0.4, 0.5) is 0 Å². The molecule has 1 aliphatic carbocycles. The van der Waals surface area contributed by atoms with Crippen molar-refractivity contribution in [3.05, 3.63) is 65.0 Å². The van der Waals surface area contributed by atoms with Gasteiger partial charge in [0.25, 0.3) is 0 Å². The number of allylic oxidation sites excluding steroid dienone is 6. The molecule has 0 aliphatic heterocycles. The Morgan fingerprint density at radius 3 is 2.79 bits per heavy atom. The van der Waals surface area contributed by atoms with Gasteiger partial charge in [-0.1, -0.05) is 29.9 Å². The lowest BCUT2D eigenvalue weighted by Gasteiger charge is -2.04. The molecule has 0 amide bonds. The van der Waals surface area contributed by atoms with Gasteiger partial charge in [0.05, 0.1) is 5.56 Å². The Hall–Kier alpha value is -2.49. The summed E-state index contributed by atoms with van der Waals surface area (Å²) in [5.41, 5.74) is 1.47. The standard InChI is InChI=1S/C15H13NO3/c1-10-4-2-5-11(8-7-10)14(17)12-6-3-9-16-13(12)15(18)19/h3-9H,2H2,1H3,(H,18,19). The molecule has 19 heavy (non-hydrogen) atoms. The highest BCUT2D eigenvalue weighted by molar-refractivity contribution is 6.14. The summed E-state index contributed by atoms with van der Waals surface area (Å²) in [5.74, 6) is -1.51. The predicted molar refractivity (Wildman–Crippen MR) is 71.1 cm³/mol. The SMILES string of the molecule is CC1=CCC=C(C(=O)c2cccnc2C(=O)O)C=C1. The Labute approximate surface area is 110 Å². The number of aromatic carboxylic acids is 1. The summed E-state index contributed by atoms with van der Waals surface area (Å²) in [7, 11) is 0. The maximum absolute atomic E-state index is 12.3. The van der Waals surface area contributed by atoms with Gasteiger partial charge in [0.1, 0.15) is 0 Å². The molecule has 2 rings (SSSR count). The molecule has 1 heterocycles. The van der Waals surface area contributed by atoms with Crippen LogP contribution in [-0.2, 0) is 0 Å². The highest BCUT2D eigenvalue weighted by Gasteiger charge is 2.19. The number of hydrogen-bond acceptors (Lipinski definition) is 3. The average Bonchev–Trinajstić information content (AvgIpc) is 2.62. The Kier molecular flexibility index (Phi) is 3.71. The molecule has 0 atom stereocenters. The molecule has 0 bridgehead atoms. The van der Waals surface area contributed by atoms with Gasteiger partial charge in [0.2, 0.25) is 0 Å². The number of carbonyl (C=O) groups excluding carboxylic acids is 1. The number of Topliss-reactive ketones (excluding diaryl/α,β-unsaturated/α-hetero) is 1. The summed E-state index contributed by atoms with van der Waals surface area (Å²) >= 11 is 0. The van der Waals surface area contributed by atoms with Crippen LogP contribution in [0.15, 0.2) is 53.8 Å². The van der Waals surface area contributed by atoms with Gasteiger partial charge in [-0.05, 0) is 25.5 Å². The van der Waals surface area contributed by atoms with E-state index in [1.807, 2.05) is 19.1 Å². The Bertz CT molecular complexity index is 624. The van der Waals surface area contributed by atoms with E-state index in [2.05, 4.69) is 4.98 Å². The second-order valence-corrected chi connectivity index (χ2v) is 4.21. The van der Waals surface area contributed by atoms with Crippen LogP contribution in [0.25, 0.3) is 0 Å². The molecule has 0 saturated heterocycles. The van der Waals surface area contributed by atoms with Crippen LogP contribution in [0, 0.1) is 0 Å². The largest absolute Gasteiger partial charge is 0.476 e. The van der Waals surface area contributed by atoms with E-state index < -0.39 is 5.97 Å². The summed E-state index contributed by atoms with van der Waals surface area (Å²) in [4.78, 5) is 27.2. The van der Waals surface area contributed by atoms with Gasteiger partial charge in [-0.25, -0.2) is 9.78 Å². The zero-order chi connectivity index (χ0) is 13.8. The van der Waals surface area contributed by atoms with Crippen molar-refractivity contribution in [1.82, 2.24) is 4.98 Å². The summed E-state index contributed by atoms with van der Waals surface area (Å²) in [6.07, 6.45) is 9.35. The van der Waals surface area contributed by atoms with E-state index in [1.54, 1.807) is 18.2 Å². The number of ketones is 1. The smallest absolute Gasteiger partial charge is 0.355 e. The van der Waals surface area contributed by atoms with Gasteiger partial charge in [0, 0.05) is 11.8 Å². The minimum absolute atomic E-state index is 0.116. The molecular formula is C15H13NO3. The second-order valence-electron chi connectivity index (χ2n) is 4.21. The third-order valence-corrected chi connectivity index (χ3v) is 2.82. The first kappa shape index (κ1) is 13.0. The zero-order valence-corrected chi connectivity index (χ0v) is 10.5. The van der Waals surface area contributed by atoms with Crippen LogP contribution in [0.3, 0.4) is 0 Å². The van der Waals surface area contributed by atoms with Crippen molar-refractivity contribution in [1.29, 1.82) is 0 Å². The maximum atomic E-state index is 12.3. The van der Waals surface area contributed by atoms with Crippen molar-refractivity contribution in [2.24, 2.45) is 0 Å². The van der Waals surface area contributed by atoms with Crippen LogP contribution < -0.4 is 0 Å². The highest BCUT2D eigenvalue weighted by Crippen LogP contribution is 2.17. The van der Waals surface area contributed by atoms with E-state index in [9.17, 15) is 9.59 Å². The lowest BCUT2D eigenvalue weighted by molar-refractivity contribution is 0.0686. The third-order valence-electron chi connectivity index (χ3n) is 2.82. The summed E-state index contributed by atoms with van der Waals surface area (Å²) < 4.78 is 0. The number of nitrogens with zero attached hydrogens (tertiary/aromatic N) is 1. The van der Waals surface area contributed by atoms with Crippen molar-refractivity contribution >= 4 is 11.8 Å². The number of carboxylic acids is 1. The zero-order valence-electron chi connectivity index (χ0n) is 10.5. The molecule has 0 fully saturated rings. The number of carbonyl (C=O) groups is 2. The van der Waals surface area contributed by atoms with Crippen molar-refractivity contribution in [2.45, 2.75) is 13.3 Å². The number of rotatable bonds is 3. The fourth-order valence-corrected chi connectivity index (χ4v) is 1.81. The number of hydrogen-bond donors (Lipinski definition) is 1. The van der Waals surface area contributed by atoms with Crippen molar-refractivity contribution < 1.29 is 14.7 Å². The molecule has 1 aliphatic rings. The van der Waals surface area contributed by atoms with Crippen molar-refractivity contribution in [3.8, 4) is 0 Å². The topological polar surface area (TPSA) is 67.3 Å². The third kappa shape index (κ3) is 2.85. The normalized spacial score (nSPS) is 14.4. The van der Waals surface area contributed by atoms with Gasteiger partial charge in [-0.3, -0.25) is 4.79 Å². The number of pyridine rings is 1. The van der Waals surface area contributed by atoms with Gasteiger partial charge < -0.3 is 5.11 Å². The molecule has 1 N–H and O–H groups in total. The Morgan fingerprint density at radius 1 is 1.26 bits per heavy atom. The highest BCUT2D eigenvalue weighted by atomic mass is 16.4. The first-order valence-corrected chi connectivity index (χ1v) is 5.87. The maximum Gasteiger partial charge on any atom is 0.355 e. The molecule has 96 valence electrons. The van der Waals surface area contributed by atoms with Crippen LogP contribution in [0.1, 0.15) is 34.2 Å². The quantitative estimate of drug-likeness (QED) is 0.843. The van der Waals surface area contributed by atoms with Crippen molar-refractivity contribution in [3.63, 3.8) is 0 Å². The van der Waals surface area contributed by atoms with Gasteiger partial charge in [-0.2, -0.15) is 0 Å². The fourth-order valence-electron chi connectivity index (χ4n) is 1.81. The van der Waals surface area contributed by atoms with E-state index >= 15 is 0 Å². The minimum atomic E-state index is -1.20. The fraction of sp³-hybridized carbons (Fsp3) is 0.133. The first-order valence-electron chi connectivity index (χ1n) is 5.87. The molecule has 0 saturated carbocycles. The van der Waals surface area contributed by atoms with Crippen molar-refractivity contribution in [2.75, 3.05) is 0 Å². The molecule has 0 spiro atoms. The average molecular weight is 255 g/mol. The minimum Gasteiger partial charge on any atom is -0.476 e. The van der Waals surface area contributed by atoms with Gasteiger partial charge >= 0.3 is 5.97 Å². The lowest BCUT2D eigenvalue weighted by Crippen LogP contribution is -2.11. The monoisotopic (exact) mass is 255 g/mol. The summed E-state index contributed by atoms with van der Waals surface area (Å²) in [5, 5.41) is 9.05. The van der Waals surface area contributed by atoms with Gasteiger partial charge in [-0.15, -0.1) is 0 Å². The Balaban J connectivity index is 2.38. The van der Waals surface area contributed by atoms with E-state index in [-0.39, 0.29) is 17.0 Å². The molecule has 4 nitrogen and oxygen atoms in total. The molecule has 0 radical (unpaired) electrons. The molecule has 4 heteroatoms. The number of aromatic nitrogens is 1. The first-order chi connectivity index (χ1) is 9.09. The molecule has 0 aromatic carbocycles. The van der Waals surface area contributed by atoms with Crippen LogP contribution >= 0.6 is 0 Å². The van der Waals surface area contributed by atoms with Crippen LogP contribution in [0.2, 0.25) is 0 Å². The summed E-state index contributed by atoms with van der Waals surface area (Å²) in [6, 6.07) is 3.04. The molecule has 0 unspecified atom stereocenters. The van der Waals surface area contributed by atoms with Crippen LogP contribution in [-0.4, -0.2) is 21.8 Å². The molecular weight excluding hydrogens is 242 g/mol. The van der Waals surface area contributed by atoms with E-state index in [4.69, 9.17) is 5.11 Å². The van der Waals surface area contributed by atoms with E-state index in [1.165, 1.54) is 12.3 Å². The van der Waals surface area contributed by atoms with Crippen LogP contribution in [0.5, 0.6) is 0 Å². The predicted octanol–water partition coefficient (Wildman–Crippen LogP) is 2.80. The van der Waals surface area contributed by atoms with E-state index in [0.29, 0.717) is 12.0 Å². The second kappa shape index (κ2) is 5.44. The number of carboxylic acid groups (broad SMARTS) is 1. The molecule has 1 aromatic rings. The van der Waals surface area contributed by atoms with Gasteiger partial charge in [0.15, 0.2) is 11.5 Å².